The molecule has 0 bridgehead atoms. The summed E-state index contributed by atoms with van der Waals surface area (Å²) in [5.74, 6) is 5.96. The summed E-state index contributed by atoms with van der Waals surface area (Å²) < 4.78 is 1.43. The van der Waals surface area contributed by atoms with E-state index < -0.39 is 0 Å². The van der Waals surface area contributed by atoms with E-state index in [1.165, 1.54) is 16.9 Å². The molecule has 0 atom stereocenters. The number of pyridine rings is 1. The molecule has 2 aromatic heterocycles. The van der Waals surface area contributed by atoms with E-state index in [4.69, 9.17) is 40.6 Å². The summed E-state index contributed by atoms with van der Waals surface area (Å²) in [5, 5.41) is 5.14. The van der Waals surface area contributed by atoms with Crippen molar-refractivity contribution >= 4 is 40.6 Å². The largest absolute Gasteiger partial charge is 0.307 e. The Bertz CT molecular complexity index is 524. The van der Waals surface area contributed by atoms with Crippen LogP contribution in [0.15, 0.2) is 18.5 Å². The lowest BCUT2D eigenvalue weighted by atomic mass is 10.4. The maximum atomic E-state index is 5.98. The molecule has 0 aromatic carbocycles. The highest BCUT2D eigenvalue weighted by atomic mass is 35.5. The predicted molar refractivity (Wildman–Crippen MR) is 64.2 cm³/mol. The van der Waals surface area contributed by atoms with Crippen molar-refractivity contribution in [2.24, 2.45) is 5.84 Å². The molecular formula is C8H6Cl3N5. The summed E-state index contributed by atoms with van der Waals surface area (Å²) in [4.78, 5) is 4.12. The smallest absolute Gasteiger partial charge is 0.174 e. The molecule has 0 saturated heterocycles. The standard InChI is InChI=1S/C8H6Cl3N5/c9-4-2-13-16(3-4)8-6(11)1-5(10)7(14-8)15-12/h1-3H,12H2,(H,14,15). The first-order valence-electron chi connectivity index (χ1n) is 4.15. The lowest BCUT2D eigenvalue weighted by Gasteiger charge is -2.07. The van der Waals surface area contributed by atoms with Crippen LogP contribution in [0, 0.1) is 0 Å². The topological polar surface area (TPSA) is 68.8 Å². The van der Waals surface area contributed by atoms with Crippen molar-refractivity contribution < 1.29 is 0 Å². The number of hydrogen-bond donors (Lipinski definition) is 2. The van der Waals surface area contributed by atoms with Gasteiger partial charge in [0, 0.05) is 0 Å². The van der Waals surface area contributed by atoms with E-state index in [1.54, 1.807) is 6.20 Å². The molecule has 0 amide bonds. The van der Waals surface area contributed by atoms with Crippen LogP contribution in [-0.4, -0.2) is 14.8 Å². The average Bonchev–Trinajstić information content (AvgIpc) is 2.65. The van der Waals surface area contributed by atoms with Gasteiger partial charge in [-0.3, -0.25) is 0 Å². The number of nitrogens with zero attached hydrogens (tertiary/aromatic N) is 3. The number of hydrazine groups is 1. The van der Waals surface area contributed by atoms with Crippen molar-refractivity contribution in [3.63, 3.8) is 0 Å². The van der Waals surface area contributed by atoms with Gasteiger partial charge in [-0.15, -0.1) is 0 Å². The fourth-order valence-corrected chi connectivity index (χ4v) is 1.77. The first-order chi connectivity index (χ1) is 7.61. The summed E-state index contributed by atoms with van der Waals surface area (Å²) in [6, 6.07) is 1.52. The molecule has 8 heteroatoms. The number of rotatable bonds is 2. The van der Waals surface area contributed by atoms with Crippen LogP contribution in [-0.2, 0) is 0 Å². The van der Waals surface area contributed by atoms with Crippen molar-refractivity contribution in [1.82, 2.24) is 14.8 Å². The molecule has 0 spiro atoms. The van der Waals surface area contributed by atoms with Gasteiger partial charge in [-0.1, -0.05) is 34.8 Å². The van der Waals surface area contributed by atoms with Crippen molar-refractivity contribution in [3.05, 3.63) is 33.5 Å². The molecular weight excluding hydrogens is 272 g/mol. The zero-order valence-electron chi connectivity index (χ0n) is 7.78. The van der Waals surface area contributed by atoms with E-state index in [2.05, 4.69) is 15.5 Å². The molecule has 0 aliphatic carbocycles. The van der Waals surface area contributed by atoms with Gasteiger partial charge < -0.3 is 5.43 Å². The Morgan fingerprint density at radius 1 is 1.25 bits per heavy atom. The zero-order chi connectivity index (χ0) is 11.7. The van der Waals surface area contributed by atoms with E-state index in [-0.39, 0.29) is 0 Å². The number of hydrogen-bond acceptors (Lipinski definition) is 4. The van der Waals surface area contributed by atoms with Crippen molar-refractivity contribution in [1.29, 1.82) is 0 Å². The van der Waals surface area contributed by atoms with E-state index in [9.17, 15) is 0 Å². The highest BCUT2D eigenvalue weighted by Gasteiger charge is 2.11. The maximum absolute atomic E-state index is 5.98. The number of nitrogen functional groups attached to an aromatic ring is 1. The van der Waals surface area contributed by atoms with Gasteiger partial charge in [0.15, 0.2) is 11.6 Å². The summed E-state index contributed by atoms with van der Waals surface area (Å²) >= 11 is 17.6. The third kappa shape index (κ3) is 2.08. The van der Waals surface area contributed by atoms with Crippen molar-refractivity contribution in [2.75, 3.05) is 5.43 Å². The van der Waals surface area contributed by atoms with Crippen LogP contribution in [0.4, 0.5) is 5.82 Å². The van der Waals surface area contributed by atoms with E-state index in [0.29, 0.717) is 26.7 Å². The molecule has 2 rings (SSSR count). The second-order valence-corrected chi connectivity index (χ2v) is 4.12. The van der Waals surface area contributed by atoms with E-state index in [1.807, 2.05) is 0 Å². The van der Waals surface area contributed by atoms with Crippen LogP contribution in [0.25, 0.3) is 5.82 Å². The van der Waals surface area contributed by atoms with Gasteiger partial charge in [0.25, 0.3) is 0 Å². The van der Waals surface area contributed by atoms with Gasteiger partial charge in [-0.25, -0.2) is 15.5 Å². The first kappa shape index (κ1) is 11.5. The molecule has 16 heavy (non-hydrogen) atoms. The minimum atomic E-state index is 0.313. The quantitative estimate of drug-likeness (QED) is 0.654. The second kappa shape index (κ2) is 4.47. The minimum Gasteiger partial charge on any atom is -0.307 e. The minimum absolute atomic E-state index is 0.313. The van der Waals surface area contributed by atoms with Gasteiger partial charge in [0.2, 0.25) is 0 Å². The fourth-order valence-electron chi connectivity index (χ4n) is 1.14. The summed E-state index contributed by atoms with van der Waals surface area (Å²) in [6.45, 7) is 0. The Hall–Kier alpha value is -1.01. The molecule has 5 nitrogen and oxygen atoms in total. The molecule has 0 saturated carbocycles. The van der Waals surface area contributed by atoms with Gasteiger partial charge in [0.1, 0.15) is 0 Å². The van der Waals surface area contributed by atoms with E-state index >= 15 is 0 Å². The lowest BCUT2D eigenvalue weighted by Crippen LogP contribution is -2.11. The third-order valence-electron chi connectivity index (χ3n) is 1.82. The Kier molecular flexibility index (Phi) is 3.20. The molecule has 0 aliphatic rings. The van der Waals surface area contributed by atoms with Crippen LogP contribution < -0.4 is 11.3 Å². The summed E-state index contributed by atoms with van der Waals surface area (Å²) in [6.07, 6.45) is 3.05. The average molecular weight is 279 g/mol. The molecule has 2 aromatic rings. The molecule has 0 unspecified atom stereocenters. The third-order valence-corrected chi connectivity index (χ3v) is 2.58. The van der Waals surface area contributed by atoms with Gasteiger partial charge in [-0.05, 0) is 6.07 Å². The molecule has 0 fully saturated rings. The number of halogens is 3. The Morgan fingerprint density at radius 2 is 2.00 bits per heavy atom. The molecule has 3 N–H and O–H groups in total. The highest BCUT2D eigenvalue weighted by molar-refractivity contribution is 6.36. The van der Waals surface area contributed by atoms with Gasteiger partial charge in [-0.2, -0.15) is 5.10 Å². The normalized spacial score (nSPS) is 10.5. The van der Waals surface area contributed by atoms with Crippen molar-refractivity contribution in [2.45, 2.75) is 0 Å². The predicted octanol–water partition coefficient (Wildman–Crippen LogP) is 2.51. The maximum Gasteiger partial charge on any atom is 0.174 e. The Labute approximate surface area is 106 Å². The molecule has 84 valence electrons. The number of anilines is 1. The van der Waals surface area contributed by atoms with Crippen LogP contribution >= 0.6 is 34.8 Å². The molecule has 0 aliphatic heterocycles. The van der Waals surface area contributed by atoms with Crippen molar-refractivity contribution in [3.8, 4) is 5.82 Å². The van der Waals surface area contributed by atoms with Crippen LogP contribution in [0.3, 0.4) is 0 Å². The summed E-state index contributed by atoms with van der Waals surface area (Å²) in [5.41, 5.74) is 2.36. The lowest BCUT2D eigenvalue weighted by molar-refractivity contribution is 0.847. The van der Waals surface area contributed by atoms with Gasteiger partial charge >= 0.3 is 0 Å². The van der Waals surface area contributed by atoms with Gasteiger partial charge in [0.05, 0.1) is 27.5 Å². The zero-order valence-corrected chi connectivity index (χ0v) is 10.1. The summed E-state index contributed by atoms with van der Waals surface area (Å²) in [7, 11) is 0. The molecule has 2 heterocycles. The highest BCUT2D eigenvalue weighted by Crippen LogP contribution is 2.27. The Balaban J connectivity index is 2.56. The SMILES string of the molecule is NNc1nc(-n2cc(Cl)cn2)c(Cl)cc1Cl. The fraction of sp³-hybridized carbons (Fsp3) is 0. The van der Waals surface area contributed by atoms with Crippen LogP contribution in [0.1, 0.15) is 0 Å². The number of aromatic nitrogens is 3. The molecule has 0 radical (unpaired) electrons. The van der Waals surface area contributed by atoms with Crippen LogP contribution in [0.2, 0.25) is 15.1 Å². The number of nitrogens with two attached hydrogens (primary N) is 1. The Morgan fingerprint density at radius 3 is 2.56 bits per heavy atom. The van der Waals surface area contributed by atoms with Crippen LogP contribution in [0.5, 0.6) is 0 Å². The second-order valence-electron chi connectivity index (χ2n) is 2.87. The number of nitrogens with one attached hydrogen (secondary N) is 1. The van der Waals surface area contributed by atoms with E-state index in [0.717, 1.165) is 0 Å². The first-order valence-corrected chi connectivity index (χ1v) is 5.28. The monoisotopic (exact) mass is 277 g/mol.